The largest absolute Gasteiger partial charge is 0.428 e. The van der Waals surface area contributed by atoms with Crippen molar-refractivity contribution >= 4 is 0 Å². The maximum atomic E-state index is 4.99. The lowest BCUT2D eigenvalue weighted by Gasteiger charge is -1.99. The molecule has 12 heavy (non-hydrogen) atoms. The van der Waals surface area contributed by atoms with Crippen LogP contribution in [0.25, 0.3) is 0 Å². The zero-order valence-electron chi connectivity index (χ0n) is 7.42. The molecule has 0 radical (unpaired) electrons. The monoisotopic (exact) mass is 169 g/mol. The van der Waals surface area contributed by atoms with Crippen LogP contribution in [-0.4, -0.2) is 23.3 Å². The van der Waals surface area contributed by atoms with Gasteiger partial charge in [-0.2, -0.15) is 0 Å². The fourth-order valence-electron chi connectivity index (χ4n) is 0.971. The molecule has 0 fully saturated rings. The average Bonchev–Trinajstić information content (AvgIpc) is 2.57. The first kappa shape index (κ1) is 9.19. The van der Waals surface area contributed by atoms with Gasteiger partial charge < -0.3 is 9.73 Å². The number of hydrogen-bond donors (Lipinski definition) is 1. The number of rotatable bonds is 6. The Bertz CT molecular complexity index is 186. The Morgan fingerprint density at radius 3 is 3.08 bits per heavy atom. The highest BCUT2D eigenvalue weighted by Gasteiger charge is 1.96. The number of aryl methyl sites for hydroxylation is 1. The highest BCUT2D eigenvalue weighted by Crippen LogP contribution is 1.95. The molecular weight excluding hydrogens is 154 g/mol. The Labute approximate surface area is 72.4 Å². The Morgan fingerprint density at radius 1 is 1.50 bits per heavy atom. The second kappa shape index (κ2) is 5.71. The van der Waals surface area contributed by atoms with Crippen LogP contribution in [0, 0.1) is 0 Å². The molecule has 1 aromatic rings. The van der Waals surface area contributed by atoms with Crippen molar-refractivity contribution in [2.45, 2.75) is 26.2 Å². The lowest BCUT2D eigenvalue weighted by molar-refractivity contribution is 0.480. The Hall–Kier alpha value is -0.900. The van der Waals surface area contributed by atoms with Gasteiger partial charge in [0.2, 0.25) is 12.3 Å². The van der Waals surface area contributed by atoms with Crippen molar-refractivity contribution in [3.8, 4) is 0 Å². The van der Waals surface area contributed by atoms with E-state index in [0.717, 1.165) is 31.8 Å². The van der Waals surface area contributed by atoms with Gasteiger partial charge in [-0.25, -0.2) is 0 Å². The second-order valence-corrected chi connectivity index (χ2v) is 2.69. The van der Waals surface area contributed by atoms with Crippen LogP contribution in [0.2, 0.25) is 0 Å². The van der Waals surface area contributed by atoms with E-state index in [-0.39, 0.29) is 0 Å². The quantitative estimate of drug-likeness (QED) is 0.645. The second-order valence-electron chi connectivity index (χ2n) is 2.69. The number of aromatic nitrogens is 2. The van der Waals surface area contributed by atoms with E-state index in [9.17, 15) is 0 Å². The molecule has 4 heteroatoms. The van der Waals surface area contributed by atoms with Gasteiger partial charge in [0.25, 0.3) is 0 Å². The predicted octanol–water partition coefficient (Wildman–Crippen LogP) is 1.00. The lowest BCUT2D eigenvalue weighted by Crippen LogP contribution is -2.16. The summed E-state index contributed by atoms with van der Waals surface area (Å²) in [5.74, 6) is 0.730. The van der Waals surface area contributed by atoms with Crippen LogP contribution in [0.3, 0.4) is 0 Å². The smallest absolute Gasteiger partial charge is 0.216 e. The zero-order valence-corrected chi connectivity index (χ0v) is 7.42. The third-order valence-electron chi connectivity index (χ3n) is 1.58. The minimum Gasteiger partial charge on any atom is -0.428 e. The van der Waals surface area contributed by atoms with Crippen molar-refractivity contribution in [3.05, 3.63) is 12.3 Å². The molecule has 0 unspecified atom stereocenters. The summed E-state index contributed by atoms with van der Waals surface area (Å²) in [5, 5.41) is 10.7. The van der Waals surface area contributed by atoms with Gasteiger partial charge in [-0.1, -0.05) is 6.92 Å². The minimum atomic E-state index is 0.730. The Balaban J connectivity index is 1.96. The van der Waals surface area contributed by atoms with Gasteiger partial charge in [-0.3, -0.25) is 0 Å². The van der Waals surface area contributed by atoms with E-state index in [1.54, 1.807) is 0 Å². The van der Waals surface area contributed by atoms with Crippen LogP contribution in [0.4, 0.5) is 0 Å². The molecule has 68 valence electrons. The predicted molar refractivity (Wildman–Crippen MR) is 45.8 cm³/mol. The SMILES string of the molecule is CCCNCCCc1nnco1. The topological polar surface area (TPSA) is 51.0 Å². The van der Waals surface area contributed by atoms with Crippen molar-refractivity contribution < 1.29 is 4.42 Å². The first-order valence-corrected chi connectivity index (χ1v) is 4.39. The molecule has 0 aromatic carbocycles. The first-order chi connectivity index (χ1) is 5.93. The number of nitrogens with zero attached hydrogens (tertiary/aromatic N) is 2. The van der Waals surface area contributed by atoms with Gasteiger partial charge in [0.1, 0.15) is 0 Å². The molecule has 1 N–H and O–H groups in total. The Morgan fingerprint density at radius 2 is 2.42 bits per heavy atom. The molecule has 0 spiro atoms. The summed E-state index contributed by atoms with van der Waals surface area (Å²) in [6.45, 7) is 4.27. The highest BCUT2D eigenvalue weighted by atomic mass is 16.4. The van der Waals surface area contributed by atoms with Crippen LogP contribution < -0.4 is 5.32 Å². The molecule has 4 nitrogen and oxygen atoms in total. The van der Waals surface area contributed by atoms with Crippen molar-refractivity contribution in [2.24, 2.45) is 0 Å². The highest BCUT2D eigenvalue weighted by molar-refractivity contribution is 4.72. The van der Waals surface area contributed by atoms with Gasteiger partial charge in [0, 0.05) is 6.42 Å². The average molecular weight is 169 g/mol. The molecule has 0 aliphatic heterocycles. The summed E-state index contributed by atoms with van der Waals surface area (Å²) in [6, 6.07) is 0. The molecule has 0 aliphatic rings. The standard InChI is InChI=1S/C8H15N3O/c1-2-5-9-6-3-4-8-11-10-7-12-8/h7,9H,2-6H2,1H3. The number of hydrogen-bond acceptors (Lipinski definition) is 4. The summed E-state index contributed by atoms with van der Waals surface area (Å²) in [5.41, 5.74) is 0. The zero-order chi connectivity index (χ0) is 8.65. The summed E-state index contributed by atoms with van der Waals surface area (Å²) < 4.78 is 4.99. The van der Waals surface area contributed by atoms with Gasteiger partial charge >= 0.3 is 0 Å². The lowest BCUT2D eigenvalue weighted by atomic mass is 10.3. The minimum absolute atomic E-state index is 0.730. The Kier molecular flexibility index (Phi) is 4.37. The van der Waals surface area contributed by atoms with Crippen LogP contribution in [0.15, 0.2) is 10.8 Å². The van der Waals surface area contributed by atoms with Gasteiger partial charge in [0.15, 0.2) is 0 Å². The van der Waals surface area contributed by atoms with Gasteiger partial charge in [0.05, 0.1) is 0 Å². The summed E-state index contributed by atoms with van der Waals surface area (Å²) >= 11 is 0. The van der Waals surface area contributed by atoms with E-state index in [4.69, 9.17) is 4.42 Å². The van der Waals surface area contributed by atoms with Gasteiger partial charge in [-0.05, 0) is 25.9 Å². The number of nitrogens with one attached hydrogen (secondary N) is 1. The van der Waals surface area contributed by atoms with Crippen molar-refractivity contribution in [1.82, 2.24) is 15.5 Å². The molecule has 1 aromatic heterocycles. The van der Waals surface area contributed by atoms with E-state index in [1.807, 2.05) is 0 Å². The van der Waals surface area contributed by atoms with Crippen molar-refractivity contribution in [1.29, 1.82) is 0 Å². The summed E-state index contributed by atoms with van der Waals surface area (Å²) in [4.78, 5) is 0. The summed E-state index contributed by atoms with van der Waals surface area (Å²) in [7, 11) is 0. The van der Waals surface area contributed by atoms with Crippen LogP contribution in [0.1, 0.15) is 25.7 Å². The molecule has 0 amide bonds. The summed E-state index contributed by atoms with van der Waals surface area (Å²) in [6.07, 6.45) is 4.48. The normalized spacial score (nSPS) is 10.4. The maximum absolute atomic E-state index is 4.99. The van der Waals surface area contributed by atoms with Crippen LogP contribution in [-0.2, 0) is 6.42 Å². The van der Waals surface area contributed by atoms with Crippen LogP contribution >= 0.6 is 0 Å². The third-order valence-corrected chi connectivity index (χ3v) is 1.58. The van der Waals surface area contributed by atoms with E-state index in [0.29, 0.717) is 0 Å². The molecule has 0 bridgehead atoms. The molecule has 1 rings (SSSR count). The van der Waals surface area contributed by atoms with Crippen LogP contribution in [0.5, 0.6) is 0 Å². The van der Waals surface area contributed by atoms with Gasteiger partial charge in [-0.15, -0.1) is 10.2 Å². The fraction of sp³-hybridized carbons (Fsp3) is 0.750. The molecule has 1 heterocycles. The molecule has 0 saturated heterocycles. The molecular formula is C8H15N3O. The molecule has 0 saturated carbocycles. The first-order valence-electron chi connectivity index (χ1n) is 4.39. The van der Waals surface area contributed by atoms with E-state index < -0.39 is 0 Å². The molecule has 0 aliphatic carbocycles. The van der Waals surface area contributed by atoms with E-state index in [2.05, 4.69) is 22.4 Å². The maximum Gasteiger partial charge on any atom is 0.216 e. The fourth-order valence-corrected chi connectivity index (χ4v) is 0.971. The molecule has 0 atom stereocenters. The third kappa shape index (κ3) is 3.48. The van der Waals surface area contributed by atoms with Crippen molar-refractivity contribution in [2.75, 3.05) is 13.1 Å². The van der Waals surface area contributed by atoms with Crippen molar-refractivity contribution in [3.63, 3.8) is 0 Å². The van der Waals surface area contributed by atoms with E-state index in [1.165, 1.54) is 12.8 Å². The van der Waals surface area contributed by atoms with E-state index >= 15 is 0 Å².